The van der Waals surface area contributed by atoms with Crippen LogP contribution in [0.25, 0.3) is 17.0 Å². The molecule has 0 spiro atoms. The quantitative estimate of drug-likeness (QED) is 0.180. The van der Waals surface area contributed by atoms with E-state index in [9.17, 15) is 9.59 Å². The number of furan rings is 1. The molecular weight excluding hydrogens is 484 g/mol. The lowest BCUT2D eigenvalue weighted by Gasteiger charge is -2.04. The molecule has 0 aliphatic carbocycles. The van der Waals surface area contributed by atoms with Gasteiger partial charge in [0.15, 0.2) is 5.76 Å². The number of rotatable bonds is 3. The van der Waals surface area contributed by atoms with E-state index in [-0.39, 0.29) is 23.1 Å². The van der Waals surface area contributed by atoms with E-state index in [2.05, 4.69) is 15.9 Å². The molecule has 0 bridgehead atoms. The molecule has 152 valence electrons. The Bertz CT molecular complexity index is 1400. The van der Waals surface area contributed by atoms with E-state index >= 15 is 0 Å². The van der Waals surface area contributed by atoms with E-state index < -0.39 is 5.97 Å². The minimum absolute atomic E-state index is 0.0761. The molecule has 31 heavy (non-hydrogen) atoms. The van der Waals surface area contributed by atoms with Crippen LogP contribution in [0.15, 0.2) is 81.4 Å². The highest BCUT2D eigenvalue weighted by Crippen LogP contribution is 2.35. The largest absolute Gasteiger partial charge is 0.452 e. The van der Waals surface area contributed by atoms with Gasteiger partial charge in [-0.3, -0.25) is 4.79 Å². The average Bonchev–Trinajstić information content (AvgIpc) is 3.29. The minimum atomic E-state index is -0.647. The van der Waals surface area contributed by atoms with E-state index in [0.717, 1.165) is 15.4 Å². The van der Waals surface area contributed by atoms with Crippen LogP contribution in [-0.2, 0) is 0 Å². The van der Waals surface area contributed by atoms with Gasteiger partial charge < -0.3 is 13.9 Å². The zero-order valence-corrected chi connectivity index (χ0v) is 18.1. The third kappa shape index (κ3) is 3.87. The lowest BCUT2D eigenvalue weighted by atomic mass is 10.1. The van der Waals surface area contributed by atoms with Gasteiger partial charge in [0, 0.05) is 20.9 Å². The number of Topliss-reactive ketones (excluding diaryl/α,β-unsaturated/α-hetero) is 1. The van der Waals surface area contributed by atoms with Crippen LogP contribution in [-0.4, -0.2) is 11.8 Å². The van der Waals surface area contributed by atoms with E-state index in [1.165, 1.54) is 6.07 Å². The first-order chi connectivity index (χ1) is 15.0. The second kappa shape index (κ2) is 7.72. The number of hydrogen-bond donors (Lipinski definition) is 0. The highest BCUT2D eigenvalue weighted by atomic mass is 79.9. The van der Waals surface area contributed by atoms with Crippen LogP contribution in [0, 0.1) is 0 Å². The molecule has 0 N–H and O–H groups in total. The van der Waals surface area contributed by atoms with Crippen molar-refractivity contribution in [3.63, 3.8) is 0 Å². The molecule has 2 heterocycles. The van der Waals surface area contributed by atoms with Crippen molar-refractivity contribution >= 4 is 56.3 Å². The maximum atomic E-state index is 12.6. The monoisotopic (exact) mass is 494 g/mol. The Balaban J connectivity index is 1.37. The third-order valence-corrected chi connectivity index (χ3v) is 5.41. The second-order valence-electron chi connectivity index (χ2n) is 6.84. The number of fused-ring (bicyclic) bond motifs is 2. The Kier molecular flexibility index (Phi) is 4.88. The first kappa shape index (κ1) is 19.6. The van der Waals surface area contributed by atoms with Crippen LogP contribution >= 0.6 is 27.5 Å². The number of carbonyl (C=O) groups is 2. The van der Waals surface area contributed by atoms with Crippen LogP contribution < -0.4 is 9.47 Å². The molecule has 1 aliphatic heterocycles. The van der Waals surface area contributed by atoms with Crippen LogP contribution in [0.2, 0.25) is 5.02 Å². The number of ketones is 1. The van der Waals surface area contributed by atoms with Gasteiger partial charge in [0.25, 0.3) is 0 Å². The van der Waals surface area contributed by atoms with Crippen LogP contribution in [0.3, 0.4) is 0 Å². The van der Waals surface area contributed by atoms with Crippen molar-refractivity contribution in [1.82, 2.24) is 0 Å². The maximum absolute atomic E-state index is 12.6. The van der Waals surface area contributed by atoms with Gasteiger partial charge >= 0.3 is 5.97 Å². The second-order valence-corrected chi connectivity index (χ2v) is 8.19. The van der Waals surface area contributed by atoms with Gasteiger partial charge in [-0.25, -0.2) is 4.79 Å². The fourth-order valence-electron chi connectivity index (χ4n) is 3.25. The number of esters is 1. The maximum Gasteiger partial charge on any atom is 0.379 e. The highest BCUT2D eigenvalue weighted by molar-refractivity contribution is 9.10. The predicted molar refractivity (Wildman–Crippen MR) is 120 cm³/mol. The van der Waals surface area contributed by atoms with E-state index in [1.807, 2.05) is 18.2 Å². The number of allylic oxidation sites excluding steroid dienone is 1. The molecule has 7 heteroatoms. The molecule has 0 atom stereocenters. The molecule has 1 aromatic heterocycles. The molecule has 5 rings (SSSR count). The summed E-state index contributed by atoms with van der Waals surface area (Å²) < 4.78 is 17.6. The van der Waals surface area contributed by atoms with Crippen molar-refractivity contribution in [3.05, 3.63) is 98.9 Å². The summed E-state index contributed by atoms with van der Waals surface area (Å²) in [6.07, 6.45) is 1.62. The number of halogens is 2. The Morgan fingerprint density at radius 2 is 1.90 bits per heavy atom. The number of ether oxygens (including phenoxy) is 2. The molecule has 3 aromatic carbocycles. The SMILES string of the molecule is O=C(Oc1ccc2c(c1)O/C(=C\c1cccc(Cl)c1)C2=O)c1cc2cc(Br)ccc2o1. The molecule has 0 fully saturated rings. The topological polar surface area (TPSA) is 65.7 Å². The van der Waals surface area contributed by atoms with Crippen LogP contribution in [0.5, 0.6) is 11.5 Å². The van der Waals surface area contributed by atoms with Crippen molar-refractivity contribution in [2.24, 2.45) is 0 Å². The lowest BCUT2D eigenvalue weighted by Crippen LogP contribution is -2.07. The molecule has 0 radical (unpaired) electrons. The van der Waals surface area contributed by atoms with Crippen LogP contribution in [0.4, 0.5) is 0 Å². The summed E-state index contributed by atoms with van der Waals surface area (Å²) in [6.45, 7) is 0. The molecule has 0 amide bonds. The van der Waals surface area contributed by atoms with Gasteiger partial charge in [0.2, 0.25) is 11.5 Å². The molecule has 1 aliphatic rings. The molecule has 0 unspecified atom stereocenters. The molecular formula is C24H12BrClO5. The highest BCUT2D eigenvalue weighted by Gasteiger charge is 2.28. The predicted octanol–water partition coefficient (Wildman–Crippen LogP) is 6.68. The Morgan fingerprint density at radius 3 is 2.74 bits per heavy atom. The lowest BCUT2D eigenvalue weighted by molar-refractivity contribution is 0.0703. The normalized spacial score (nSPS) is 14.0. The summed E-state index contributed by atoms with van der Waals surface area (Å²) in [6, 6.07) is 18.7. The summed E-state index contributed by atoms with van der Waals surface area (Å²) in [7, 11) is 0. The van der Waals surface area contributed by atoms with Crippen molar-refractivity contribution < 1.29 is 23.5 Å². The van der Waals surface area contributed by atoms with Gasteiger partial charge in [0.1, 0.15) is 17.1 Å². The van der Waals surface area contributed by atoms with Crippen molar-refractivity contribution in [2.75, 3.05) is 0 Å². The Hall–Kier alpha value is -3.35. The van der Waals surface area contributed by atoms with Crippen molar-refractivity contribution in [3.8, 4) is 11.5 Å². The van der Waals surface area contributed by atoms with Gasteiger partial charge in [0.05, 0.1) is 5.56 Å². The Morgan fingerprint density at radius 1 is 1.03 bits per heavy atom. The fourth-order valence-corrected chi connectivity index (χ4v) is 3.83. The molecule has 5 nitrogen and oxygen atoms in total. The summed E-state index contributed by atoms with van der Waals surface area (Å²) in [5.74, 6) is -0.1000. The zero-order valence-electron chi connectivity index (χ0n) is 15.7. The van der Waals surface area contributed by atoms with Crippen LogP contribution in [0.1, 0.15) is 26.5 Å². The fraction of sp³-hybridized carbons (Fsp3) is 0. The summed E-state index contributed by atoms with van der Waals surface area (Å²) >= 11 is 9.38. The van der Waals surface area contributed by atoms with Gasteiger partial charge in [-0.2, -0.15) is 0 Å². The summed E-state index contributed by atoms with van der Waals surface area (Å²) in [5, 5.41) is 1.34. The number of carbonyl (C=O) groups excluding carboxylic acids is 2. The van der Waals surface area contributed by atoms with Crippen molar-refractivity contribution in [2.45, 2.75) is 0 Å². The van der Waals surface area contributed by atoms with E-state index in [4.69, 9.17) is 25.5 Å². The van der Waals surface area contributed by atoms with Gasteiger partial charge in [-0.15, -0.1) is 0 Å². The van der Waals surface area contributed by atoms with Gasteiger partial charge in [-0.1, -0.05) is 39.7 Å². The average molecular weight is 496 g/mol. The molecule has 0 saturated carbocycles. The zero-order chi connectivity index (χ0) is 21.5. The minimum Gasteiger partial charge on any atom is -0.452 e. The van der Waals surface area contributed by atoms with Gasteiger partial charge in [-0.05, 0) is 60.2 Å². The Labute approximate surface area is 190 Å². The summed E-state index contributed by atoms with van der Waals surface area (Å²) in [4.78, 5) is 25.1. The smallest absolute Gasteiger partial charge is 0.379 e. The van der Waals surface area contributed by atoms with Crippen molar-refractivity contribution in [1.29, 1.82) is 0 Å². The molecule has 0 saturated heterocycles. The molecule has 4 aromatic rings. The summed E-state index contributed by atoms with van der Waals surface area (Å²) in [5.41, 5.74) is 1.71. The number of benzene rings is 3. The van der Waals surface area contributed by atoms with E-state index in [0.29, 0.717) is 21.9 Å². The first-order valence-corrected chi connectivity index (χ1v) is 10.4. The first-order valence-electron chi connectivity index (χ1n) is 9.21. The third-order valence-electron chi connectivity index (χ3n) is 4.68. The standard InChI is InChI=1S/C24H12BrClO5/c25-15-4-7-19-14(10-15)11-22(30-19)24(28)29-17-5-6-18-20(12-17)31-21(23(18)27)9-13-2-1-3-16(26)8-13/h1-12H/b21-9-. The number of hydrogen-bond acceptors (Lipinski definition) is 5. The van der Waals surface area contributed by atoms with E-state index in [1.54, 1.807) is 48.5 Å².